The maximum atomic E-state index is 13.5. The van der Waals surface area contributed by atoms with Gasteiger partial charge in [0.25, 0.3) is 0 Å². The number of carbonyl (C=O) groups is 1. The van der Waals surface area contributed by atoms with Gasteiger partial charge < -0.3 is 10.1 Å². The van der Waals surface area contributed by atoms with E-state index < -0.39 is 0 Å². The molecule has 1 amide bonds. The highest BCUT2D eigenvalue weighted by atomic mass is 19.1. The van der Waals surface area contributed by atoms with Crippen LogP contribution in [0.1, 0.15) is 24.5 Å². The number of aryl methyl sites for hydroxylation is 2. The van der Waals surface area contributed by atoms with Crippen LogP contribution >= 0.6 is 0 Å². The molecule has 0 saturated carbocycles. The Labute approximate surface area is 136 Å². The summed E-state index contributed by atoms with van der Waals surface area (Å²) in [6, 6.07) is 14.2. The molecule has 23 heavy (non-hydrogen) atoms. The Morgan fingerprint density at radius 1 is 1.17 bits per heavy atom. The predicted octanol–water partition coefficient (Wildman–Crippen LogP) is 3.65. The summed E-state index contributed by atoms with van der Waals surface area (Å²) in [7, 11) is 0. The third-order valence-corrected chi connectivity index (χ3v) is 3.51. The highest BCUT2D eigenvalue weighted by Crippen LogP contribution is 2.12. The summed E-state index contributed by atoms with van der Waals surface area (Å²) >= 11 is 0. The van der Waals surface area contributed by atoms with E-state index in [1.54, 1.807) is 18.2 Å². The van der Waals surface area contributed by atoms with Crippen LogP contribution in [-0.4, -0.2) is 18.6 Å². The average molecular weight is 315 g/mol. The minimum Gasteiger partial charge on any atom is -0.491 e. The smallest absolute Gasteiger partial charge is 0.220 e. The summed E-state index contributed by atoms with van der Waals surface area (Å²) in [5.41, 5.74) is 1.73. The van der Waals surface area contributed by atoms with E-state index in [9.17, 15) is 9.18 Å². The minimum atomic E-state index is -0.268. The summed E-state index contributed by atoms with van der Waals surface area (Å²) in [6.07, 6.45) is 0.653. The Morgan fingerprint density at radius 3 is 2.57 bits per heavy atom. The lowest BCUT2D eigenvalue weighted by molar-refractivity contribution is -0.121. The van der Waals surface area contributed by atoms with Gasteiger partial charge in [-0.2, -0.15) is 0 Å². The second-order valence-corrected chi connectivity index (χ2v) is 5.68. The minimum absolute atomic E-state index is 0.103. The summed E-state index contributed by atoms with van der Waals surface area (Å²) in [6.45, 7) is 4.30. The van der Waals surface area contributed by atoms with Crippen molar-refractivity contribution in [1.82, 2.24) is 5.32 Å². The summed E-state index contributed by atoms with van der Waals surface area (Å²) < 4.78 is 19.1. The molecular formula is C19H22FNO2. The second kappa shape index (κ2) is 8.32. The zero-order valence-corrected chi connectivity index (χ0v) is 13.5. The van der Waals surface area contributed by atoms with Gasteiger partial charge in [0.15, 0.2) is 0 Å². The van der Waals surface area contributed by atoms with Gasteiger partial charge in [-0.1, -0.05) is 35.9 Å². The number of hydrogen-bond donors (Lipinski definition) is 1. The van der Waals surface area contributed by atoms with Gasteiger partial charge in [-0.05, 0) is 44.0 Å². The summed E-state index contributed by atoms with van der Waals surface area (Å²) in [4.78, 5) is 11.9. The van der Waals surface area contributed by atoms with Gasteiger partial charge >= 0.3 is 0 Å². The summed E-state index contributed by atoms with van der Waals surface area (Å²) in [5.74, 6) is 0.410. The third-order valence-electron chi connectivity index (χ3n) is 3.51. The fourth-order valence-electron chi connectivity index (χ4n) is 2.19. The van der Waals surface area contributed by atoms with Crippen molar-refractivity contribution >= 4 is 5.91 Å². The van der Waals surface area contributed by atoms with Crippen molar-refractivity contribution in [3.05, 3.63) is 65.5 Å². The van der Waals surface area contributed by atoms with Gasteiger partial charge in [-0.25, -0.2) is 4.39 Å². The van der Waals surface area contributed by atoms with Crippen molar-refractivity contribution in [1.29, 1.82) is 0 Å². The van der Waals surface area contributed by atoms with E-state index in [1.807, 2.05) is 38.1 Å². The first kappa shape index (κ1) is 17.0. The van der Waals surface area contributed by atoms with Crippen LogP contribution in [0.5, 0.6) is 5.75 Å². The molecule has 4 heteroatoms. The van der Waals surface area contributed by atoms with E-state index in [4.69, 9.17) is 4.74 Å². The Hall–Kier alpha value is -2.36. The number of hydrogen-bond acceptors (Lipinski definition) is 2. The van der Waals surface area contributed by atoms with Crippen LogP contribution in [0.25, 0.3) is 0 Å². The highest BCUT2D eigenvalue weighted by molar-refractivity contribution is 5.76. The van der Waals surface area contributed by atoms with E-state index in [0.29, 0.717) is 18.6 Å². The molecule has 1 atom stereocenters. The number of halogens is 1. The number of ether oxygens (including phenoxy) is 1. The molecule has 0 radical (unpaired) electrons. The highest BCUT2D eigenvalue weighted by Gasteiger charge is 2.09. The molecule has 0 aliphatic heterocycles. The van der Waals surface area contributed by atoms with Gasteiger partial charge in [-0.15, -0.1) is 0 Å². The normalized spacial score (nSPS) is 11.8. The van der Waals surface area contributed by atoms with E-state index in [2.05, 4.69) is 5.32 Å². The van der Waals surface area contributed by atoms with Crippen LogP contribution in [0, 0.1) is 12.7 Å². The Balaban J connectivity index is 1.72. The Morgan fingerprint density at radius 2 is 1.87 bits per heavy atom. The molecule has 3 nitrogen and oxygen atoms in total. The summed E-state index contributed by atoms with van der Waals surface area (Å²) in [5, 5.41) is 2.86. The standard InChI is InChI=1S/C19H22FNO2/c1-14-7-10-17(11-8-14)23-13-15(2)21-19(22)12-9-16-5-3-4-6-18(16)20/h3-8,10-11,15H,9,12-13H2,1-2H3,(H,21,22)/t15-/m1/s1. The zero-order chi connectivity index (χ0) is 16.7. The molecule has 0 bridgehead atoms. The van der Waals surface area contributed by atoms with E-state index in [0.717, 1.165) is 5.75 Å². The zero-order valence-electron chi connectivity index (χ0n) is 13.5. The molecule has 0 heterocycles. The van der Waals surface area contributed by atoms with Crippen molar-refractivity contribution in [2.24, 2.45) is 0 Å². The molecule has 0 aliphatic rings. The molecule has 0 spiro atoms. The number of amides is 1. The first-order valence-corrected chi connectivity index (χ1v) is 7.77. The topological polar surface area (TPSA) is 38.3 Å². The fourth-order valence-corrected chi connectivity index (χ4v) is 2.19. The molecule has 2 rings (SSSR count). The van der Waals surface area contributed by atoms with Crippen LogP contribution in [0.3, 0.4) is 0 Å². The molecule has 2 aromatic rings. The average Bonchev–Trinajstić information content (AvgIpc) is 2.53. The van der Waals surface area contributed by atoms with Crippen LogP contribution in [0.4, 0.5) is 4.39 Å². The maximum absolute atomic E-state index is 13.5. The molecule has 1 N–H and O–H groups in total. The van der Waals surface area contributed by atoms with Crippen molar-refractivity contribution in [3.8, 4) is 5.75 Å². The van der Waals surface area contributed by atoms with Gasteiger partial charge in [-0.3, -0.25) is 4.79 Å². The van der Waals surface area contributed by atoms with Crippen LogP contribution in [0.15, 0.2) is 48.5 Å². The van der Waals surface area contributed by atoms with Crippen LogP contribution < -0.4 is 10.1 Å². The number of rotatable bonds is 7. The maximum Gasteiger partial charge on any atom is 0.220 e. The van der Waals surface area contributed by atoms with Gasteiger partial charge in [0.1, 0.15) is 18.2 Å². The van der Waals surface area contributed by atoms with Gasteiger partial charge in [0, 0.05) is 6.42 Å². The van der Waals surface area contributed by atoms with Gasteiger partial charge in [0.2, 0.25) is 5.91 Å². The number of benzene rings is 2. The predicted molar refractivity (Wildman–Crippen MR) is 89.0 cm³/mol. The SMILES string of the molecule is Cc1ccc(OC[C@@H](C)NC(=O)CCc2ccccc2F)cc1. The van der Waals surface area contributed by atoms with E-state index >= 15 is 0 Å². The lowest BCUT2D eigenvalue weighted by Gasteiger charge is -2.15. The molecule has 0 saturated heterocycles. The molecule has 0 unspecified atom stereocenters. The van der Waals surface area contributed by atoms with Gasteiger partial charge in [0.05, 0.1) is 6.04 Å². The van der Waals surface area contributed by atoms with Crippen molar-refractivity contribution in [2.75, 3.05) is 6.61 Å². The molecule has 122 valence electrons. The van der Waals surface area contributed by atoms with Crippen molar-refractivity contribution < 1.29 is 13.9 Å². The van der Waals surface area contributed by atoms with E-state index in [-0.39, 0.29) is 24.2 Å². The third kappa shape index (κ3) is 5.74. The first-order chi connectivity index (χ1) is 11.0. The molecule has 0 aliphatic carbocycles. The fraction of sp³-hybridized carbons (Fsp3) is 0.316. The molecule has 0 fully saturated rings. The molecule has 0 aromatic heterocycles. The van der Waals surface area contributed by atoms with Crippen molar-refractivity contribution in [2.45, 2.75) is 32.7 Å². The lowest BCUT2D eigenvalue weighted by atomic mass is 10.1. The lowest BCUT2D eigenvalue weighted by Crippen LogP contribution is -2.36. The number of nitrogens with one attached hydrogen (secondary N) is 1. The number of carbonyl (C=O) groups excluding carboxylic acids is 1. The monoisotopic (exact) mass is 315 g/mol. The van der Waals surface area contributed by atoms with E-state index in [1.165, 1.54) is 11.6 Å². The largest absolute Gasteiger partial charge is 0.491 e. The van der Waals surface area contributed by atoms with Crippen molar-refractivity contribution in [3.63, 3.8) is 0 Å². The first-order valence-electron chi connectivity index (χ1n) is 7.77. The second-order valence-electron chi connectivity index (χ2n) is 5.68. The molecular weight excluding hydrogens is 293 g/mol. The molecule has 2 aromatic carbocycles. The quantitative estimate of drug-likeness (QED) is 0.847. The van der Waals surface area contributed by atoms with Crippen LogP contribution in [0.2, 0.25) is 0 Å². The van der Waals surface area contributed by atoms with Crippen LogP contribution in [-0.2, 0) is 11.2 Å². The Kier molecular flexibility index (Phi) is 6.15. The Bertz CT molecular complexity index is 640.